The number of pyridine rings is 1. The number of carbonyl (C=O) groups excluding carboxylic acids is 1. The standard InChI is InChI=1S/C28H26F4N6O3/c1-3-22(16-9-17(29)11-18(30)10-16)38-25(21-6-8-37(4-2)35-21)34-26(39)23(28(38)41)27(40)36-7-5-15(14-36)24-20(32)12-19(31)13-33-24/h6,8-13,15,22,41H,3-5,7,14H2,1-2H3. The molecule has 3 aromatic heterocycles. The minimum atomic E-state index is -1.03. The van der Waals surface area contributed by atoms with Crippen LogP contribution in [0.4, 0.5) is 17.6 Å². The van der Waals surface area contributed by atoms with Gasteiger partial charge in [-0.15, -0.1) is 0 Å². The summed E-state index contributed by atoms with van der Waals surface area (Å²) in [6.45, 7) is 4.12. The zero-order valence-electron chi connectivity index (χ0n) is 22.2. The summed E-state index contributed by atoms with van der Waals surface area (Å²) in [6, 6.07) is 4.24. The Labute approximate surface area is 231 Å². The molecule has 5 rings (SSSR count). The molecule has 1 amide bonds. The molecule has 1 fully saturated rings. The molecule has 13 heteroatoms. The largest absolute Gasteiger partial charge is 0.494 e. The topological polar surface area (TPSA) is 106 Å². The first kappa shape index (κ1) is 28.0. The molecule has 0 radical (unpaired) electrons. The van der Waals surface area contributed by atoms with Crippen LogP contribution >= 0.6 is 0 Å². The maximum atomic E-state index is 14.3. The Morgan fingerprint density at radius 2 is 1.83 bits per heavy atom. The fraction of sp³-hybridized carbons (Fsp3) is 0.321. The average Bonchev–Trinajstić information content (AvgIpc) is 3.60. The first-order valence-corrected chi connectivity index (χ1v) is 13.1. The summed E-state index contributed by atoms with van der Waals surface area (Å²) in [4.78, 5) is 36.1. The van der Waals surface area contributed by atoms with Gasteiger partial charge < -0.3 is 10.0 Å². The molecule has 4 aromatic rings. The second kappa shape index (κ2) is 11.1. The van der Waals surface area contributed by atoms with Gasteiger partial charge in [-0.25, -0.2) is 17.6 Å². The molecule has 1 aromatic carbocycles. The summed E-state index contributed by atoms with van der Waals surface area (Å²) < 4.78 is 58.9. The second-order valence-electron chi connectivity index (χ2n) is 9.75. The lowest BCUT2D eigenvalue weighted by Gasteiger charge is -2.25. The third kappa shape index (κ3) is 5.31. The number of carbonyl (C=O) groups is 1. The fourth-order valence-corrected chi connectivity index (χ4v) is 5.23. The van der Waals surface area contributed by atoms with E-state index in [4.69, 9.17) is 0 Å². The van der Waals surface area contributed by atoms with E-state index in [0.717, 1.165) is 18.3 Å². The molecule has 0 bridgehead atoms. The third-order valence-corrected chi connectivity index (χ3v) is 7.18. The highest BCUT2D eigenvalue weighted by molar-refractivity contribution is 5.96. The van der Waals surface area contributed by atoms with Crippen LogP contribution in [-0.2, 0) is 6.54 Å². The Kier molecular flexibility index (Phi) is 7.61. The van der Waals surface area contributed by atoms with Crippen molar-refractivity contribution in [2.24, 2.45) is 0 Å². The summed E-state index contributed by atoms with van der Waals surface area (Å²) in [5.74, 6) is -5.62. The number of hydrogen-bond donors (Lipinski definition) is 1. The summed E-state index contributed by atoms with van der Waals surface area (Å²) in [7, 11) is 0. The number of halogens is 4. The quantitative estimate of drug-likeness (QED) is 0.330. The van der Waals surface area contributed by atoms with Gasteiger partial charge in [0, 0.05) is 43.9 Å². The van der Waals surface area contributed by atoms with Crippen molar-refractivity contribution in [2.45, 2.75) is 45.2 Å². The summed E-state index contributed by atoms with van der Waals surface area (Å²) >= 11 is 0. The Morgan fingerprint density at radius 1 is 1.10 bits per heavy atom. The lowest BCUT2D eigenvalue weighted by Crippen LogP contribution is -2.35. The SMILES string of the molecule is CCC(c1cc(F)cc(F)c1)n1c(-c2ccn(CC)n2)nc(=O)c(C(=O)N2CCC(c3ncc(F)cc3F)C2)c1O. The van der Waals surface area contributed by atoms with Crippen molar-refractivity contribution < 1.29 is 27.5 Å². The number of aromatic nitrogens is 5. The third-order valence-electron chi connectivity index (χ3n) is 7.18. The molecule has 214 valence electrons. The van der Waals surface area contributed by atoms with Gasteiger partial charge in [-0.1, -0.05) is 6.92 Å². The van der Waals surface area contributed by atoms with Crippen LogP contribution in [0.3, 0.4) is 0 Å². The fourth-order valence-electron chi connectivity index (χ4n) is 5.23. The predicted octanol–water partition coefficient (Wildman–Crippen LogP) is 4.41. The molecule has 0 spiro atoms. The molecule has 1 N–H and O–H groups in total. The molecular weight excluding hydrogens is 544 g/mol. The van der Waals surface area contributed by atoms with Gasteiger partial charge in [-0.3, -0.25) is 23.8 Å². The highest BCUT2D eigenvalue weighted by Gasteiger charge is 2.35. The van der Waals surface area contributed by atoms with Crippen molar-refractivity contribution in [3.8, 4) is 17.4 Å². The molecule has 0 aliphatic carbocycles. The van der Waals surface area contributed by atoms with E-state index in [1.165, 1.54) is 9.47 Å². The van der Waals surface area contributed by atoms with Crippen molar-refractivity contribution in [3.63, 3.8) is 0 Å². The number of hydrogen-bond acceptors (Lipinski definition) is 6. The zero-order valence-corrected chi connectivity index (χ0v) is 22.2. The van der Waals surface area contributed by atoms with Crippen LogP contribution < -0.4 is 5.56 Å². The Bertz CT molecular complexity index is 1670. The maximum Gasteiger partial charge on any atom is 0.290 e. The van der Waals surface area contributed by atoms with Crippen LogP contribution in [0.1, 0.15) is 60.3 Å². The van der Waals surface area contributed by atoms with Crippen molar-refractivity contribution in [1.29, 1.82) is 0 Å². The first-order chi connectivity index (χ1) is 19.6. The lowest BCUT2D eigenvalue weighted by atomic mass is 10.0. The second-order valence-corrected chi connectivity index (χ2v) is 9.75. The van der Waals surface area contributed by atoms with Crippen molar-refractivity contribution in [3.05, 3.63) is 93.2 Å². The minimum absolute atomic E-state index is 0.0116. The molecule has 41 heavy (non-hydrogen) atoms. The number of rotatable bonds is 7. The Morgan fingerprint density at radius 3 is 2.46 bits per heavy atom. The van der Waals surface area contributed by atoms with E-state index in [1.54, 1.807) is 23.9 Å². The monoisotopic (exact) mass is 570 g/mol. The molecule has 1 aliphatic rings. The van der Waals surface area contributed by atoms with Crippen LogP contribution in [-0.4, -0.2) is 53.3 Å². The van der Waals surface area contributed by atoms with Crippen molar-refractivity contribution >= 4 is 5.91 Å². The van der Waals surface area contributed by atoms with Gasteiger partial charge in [0.1, 0.15) is 29.0 Å². The van der Waals surface area contributed by atoms with Crippen LogP contribution in [0.15, 0.2) is 47.5 Å². The van der Waals surface area contributed by atoms with E-state index >= 15 is 0 Å². The van der Waals surface area contributed by atoms with E-state index in [2.05, 4.69) is 15.1 Å². The van der Waals surface area contributed by atoms with Crippen molar-refractivity contribution in [1.82, 2.24) is 29.2 Å². The van der Waals surface area contributed by atoms with Gasteiger partial charge in [0.25, 0.3) is 11.5 Å². The molecular formula is C28H26F4N6O3. The van der Waals surface area contributed by atoms with Gasteiger partial charge in [0.05, 0.1) is 17.9 Å². The number of nitrogens with zero attached hydrogens (tertiary/aromatic N) is 6. The average molecular weight is 571 g/mol. The predicted molar refractivity (Wildman–Crippen MR) is 139 cm³/mol. The van der Waals surface area contributed by atoms with Crippen LogP contribution in [0.2, 0.25) is 0 Å². The normalized spacial score (nSPS) is 15.9. The van der Waals surface area contributed by atoms with E-state index in [9.17, 15) is 32.3 Å². The molecule has 1 aliphatic heterocycles. The minimum Gasteiger partial charge on any atom is -0.494 e. The molecule has 2 atom stereocenters. The van der Waals surface area contributed by atoms with E-state index in [1.807, 2.05) is 6.92 Å². The highest BCUT2D eigenvalue weighted by Crippen LogP contribution is 2.35. The van der Waals surface area contributed by atoms with Gasteiger partial charge in [0.2, 0.25) is 5.88 Å². The van der Waals surface area contributed by atoms with Gasteiger partial charge in [0.15, 0.2) is 11.4 Å². The van der Waals surface area contributed by atoms with Crippen LogP contribution in [0, 0.1) is 23.3 Å². The van der Waals surface area contributed by atoms with Crippen molar-refractivity contribution in [2.75, 3.05) is 13.1 Å². The summed E-state index contributed by atoms with van der Waals surface area (Å²) in [5, 5.41) is 15.9. The summed E-state index contributed by atoms with van der Waals surface area (Å²) in [5.41, 5.74) is -1.35. The molecule has 1 saturated heterocycles. The highest BCUT2D eigenvalue weighted by atomic mass is 19.1. The Balaban J connectivity index is 1.60. The zero-order chi connectivity index (χ0) is 29.4. The number of amides is 1. The van der Waals surface area contributed by atoms with Gasteiger partial charge in [-0.05, 0) is 43.5 Å². The number of likely N-dealkylation sites (tertiary alicyclic amines) is 1. The first-order valence-electron chi connectivity index (χ1n) is 13.1. The maximum absolute atomic E-state index is 14.3. The molecule has 2 unspecified atom stereocenters. The number of aromatic hydroxyl groups is 1. The summed E-state index contributed by atoms with van der Waals surface area (Å²) in [6.07, 6.45) is 3.00. The van der Waals surface area contributed by atoms with Crippen LogP contribution in [0.25, 0.3) is 11.5 Å². The molecule has 0 saturated carbocycles. The van der Waals surface area contributed by atoms with Gasteiger partial charge >= 0.3 is 0 Å². The molecule has 4 heterocycles. The van der Waals surface area contributed by atoms with E-state index in [0.29, 0.717) is 18.7 Å². The molecule has 9 nitrogen and oxygen atoms in total. The Hall–Kier alpha value is -4.55. The van der Waals surface area contributed by atoms with E-state index < -0.39 is 58.1 Å². The number of aryl methyl sites for hydroxylation is 1. The van der Waals surface area contributed by atoms with E-state index in [-0.39, 0.29) is 48.7 Å². The number of benzene rings is 1. The van der Waals surface area contributed by atoms with Gasteiger partial charge in [-0.2, -0.15) is 10.1 Å². The lowest BCUT2D eigenvalue weighted by molar-refractivity contribution is 0.0783. The van der Waals surface area contributed by atoms with Crippen LogP contribution in [0.5, 0.6) is 5.88 Å². The smallest absolute Gasteiger partial charge is 0.290 e.